The summed E-state index contributed by atoms with van der Waals surface area (Å²) in [6.07, 6.45) is 3.48. The van der Waals surface area contributed by atoms with E-state index in [1.807, 2.05) is 25.1 Å². The number of hydrogen-bond acceptors (Lipinski definition) is 5. The third-order valence-corrected chi connectivity index (χ3v) is 4.19. The molecular weight excluding hydrogens is 366 g/mol. The minimum absolute atomic E-state index is 0.158. The second-order valence-corrected chi connectivity index (χ2v) is 6.51. The molecule has 0 spiro atoms. The number of nitrogens with zero attached hydrogens (tertiary/aromatic N) is 4. The van der Waals surface area contributed by atoms with E-state index in [0.29, 0.717) is 34.5 Å². The number of nitrogens with one attached hydrogen (secondary N) is 1. The molecule has 0 saturated heterocycles. The van der Waals surface area contributed by atoms with E-state index in [4.69, 9.17) is 4.74 Å². The summed E-state index contributed by atoms with van der Waals surface area (Å²) in [7, 11) is 0. The van der Waals surface area contributed by atoms with Crippen molar-refractivity contribution in [2.24, 2.45) is 0 Å². The average molecular weight is 385 g/mol. The number of aryl methyl sites for hydroxylation is 2. The molecular formula is C22H19N5O2. The zero-order chi connectivity index (χ0) is 20.2. The van der Waals surface area contributed by atoms with E-state index in [-0.39, 0.29) is 5.91 Å². The van der Waals surface area contributed by atoms with E-state index >= 15 is 0 Å². The first-order chi connectivity index (χ1) is 14.1. The van der Waals surface area contributed by atoms with Crippen molar-refractivity contribution in [2.45, 2.75) is 13.8 Å². The lowest BCUT2D eigenvalue weighted by molar-refractivity contribution is 0.102. The highest BCUT2D eigenvalue weighted by molar-refractivity contribution is 6.04. The van der Waals surface area contributed by atoms with E-state index in [1.165, 1.54) is 0 Å². The summed E-state index contributed by atoms with van der Waals surface area (Å²) < 4.78 is 7.49. The fraction of sp³-hybridized carbons (Fsp3) is 0.0909. The van der Waals surface area contributed by atoms with Crippen LogP contribution < -0.4 is 10.1 Å². The first-order valence-electron chi connectivity index (χ1n) is 9.08. The molecule has 7 nitrogen and oxygen atoms in total. The minimum atomic E-state index is -0.158. The molecule has 2 heterocycles. The zero-order valence-corrected chi connectivity index (χ0v) is 16.0. The third kappa shape index (κ3) is 4.47. The predicted molar refractivity (Wildman–Crippen MR) is 110 cm³/mol. The molecule has 4 aromatic rings. The highest BCUT2D eigenvalue weighted by atomic mass is 16.5. The van der Waals surface area contributed by atoms with Crippen LogP contribution in [0, 0.1) is 13.8 Å². The summed E-state index contributed by atoms with van der Waals surface area (Å²) in [5.74, 6) is 2.06. The Hall–Kier alpha value is -4.00. The van der Waals surface area contributed by atoms with Gasteiger partial charge in [0.15, 0.2) is 5.82 Å². The molecule has 0 aliphatic rings. The number of hydrogen-bond donors (Lipinski definition) is 1. The highest BCUT2D eigenvalue weighted by Gasteiger charge is 2.08. The minimum Gasteiger partial charge on any atom is -0.439 e. The quantitative estimate of drug-likeness (QED) is 0.553. The first kappa shape index (κ1) is 18.4. The zero-order valence-electron chi connectivity index (χ0n) is 16.0. The van der Waals surface area contributed by atoms with Crippen LogP contribution >= 0.6 is 0 Å². The number of amides is 1. The molecule has 0 saturated carbocycles. The van der Waals surface area contributed by atoms with Gasteiger partial charge < -0.3 is 10.1 Å². The van der Waals surface area contributed by atoms with Crippen LogP contribution in [0.3, 0.4) is 0 Å². The van der Waals surface area contributed by atoms with Gasteiger partial charge in [-0.25, -0.2) is 9.67 Å². The molecule has 4 rings (SSSR count). The van der Waals surface area contributed by atoms with Crippen LogP contribution in [0.5, 0.6) is 11.6 Å². The van der Waals surface area contributed by atoms with E-state index in [1.54, 1.807) is 66.5 Å². The molecule has 29 heavy (non-hydrogen) atoms. The lowest BCUT2D eigenvalue weighted by Gasteiger charge is -2.09. The van der Waals surface area contributed by atoms with Crippen molar-refractivity contribution >= 4 is 11.6 Å². The number of carbonyl (C=O) groups is 1. The third-order valence-electron chi connectivity index (χ3n) is 4.19. The molecule has 0 bridgehead atoms. The summed E-state index contributed by atoms with van der Waals surface area (Å²) >= 11 is 0. The molecule has 0 aliphatic heterocycles. The summed E-state index contributed by atoms with van der Waals surface area (Å²) in [4.78, 5) is 21.0. The Labute approximate surface area is 168 Å². The molecule has 0 unspecified atom stereocenters. The summed E-state index contributed by atoms with van der Waals surface area (Å²) in [5, 5.41) is 7.05. The Morgan fingerprint density at radius 1 is 1.00 bits per heavy atom. The molecule has 7 heteroatoms. The van der Waals surface area contributed by atoms with Crippen LogP contribution in [-0.2, 0) is 0 Å². The predicted octanol–water partition coefficient (Wildman–Crippen LogP) is 4.32. The number of rotatable bonds is 5. The van der Waals surface area contributed by atoms with Gasteiger partial charge in [0.2, 0.25) is 5.88 Å². The maximum Gasteiger partial charge on any atom is 0.255 e. The molecule has 0 aliphatic carbocycles. The fourth-order valence-corrected chi connectivity index (χ4v) is 2.73. The highest BCUT2D eigenvalue weighted by Crippen LogP contribution is 2.23. The standard InChI is InChI=1S/C22H19N5O2/c1-15-4-6-17(7-5-15)22(28)26-18-8-10-19(11-9-18)29-21-14-20(24-16(2)25-21)27-13-3-12-23-27/h3-14H,1-2H3,(H,26,28). The number of anilines is 1. The molecule has 0 atom stereocenters. The molecule has 144 valence electrons. The average Bonchev–Trinajstić information content (AvgIpc) is 3.24. The Bertz CT molecular complexity index is 1120. The van der Waals surface area contributed by atoms with Gasteiger partial charge in [-0.1, -0.05) is 17.7 Å². The van der Waals surface area contributed by atoms with Gasteiger partial charge in [0, 0.05) is 29.7 Å². The van der Waals surface area contributed by atoms with Crippen molar-refractivity contribution in [1.29, 1.82) is 0 Å². The Balaban J connectivity index is 1.46. The summed E-state index contributed by atoms with van der Waals surface area (Å²) in [6, 6.07) is 18.1. The second-order valence-electron chi connectivity index (χ2n) is 6.51. The van der Waals surface area contributed by atoms with Crippen LogP contribution in [0.1, 0.15) is 21.7 Å². The molecule has 0 fully saturated rings. The molecule has 1 amide bonds. The van der Waals surface area contributed by atoms with Crippen molar-refractivity contribution in [1.82, 2.24) is 19.7 Å². The van der Waals surface area contributed by atoms with Crippen LogP contribution in [0.25, 0.3) is 5.82 Å². The smallest absolute Gasteiger partial charge is 0.255 e. The molecule has 2 aromatic carbocycles. The van der Waals surface area contributed by atoms with Crippen molar-refractivity contribution in [3.63, 3.8) is 0 Å². The van der Waals surface area contributed by atoms with E-state index in [9.17, 15) is 4.79 Å². The van der Waals surface area contributed by atoms with Crippen LogP contribution in [0.15, 0.2) is 73.1 Å². The van der Waals surface area contributed by atoms with Gasteiger partial charge in [-0.2, -0.15) is 10.1 Å². The van der Waals surface area contributed by atoms with Crippen molar-refractivity contribution in [3.8, 4) is 17.4 Å². The van der Waals surface area contributed by atoms with Gasteiger partial charge in [0.05, 0.1) is 0 Å². The van der Waals surface area contributed by atoms with Gasteiger partial charge in [0.1, 0.15) is 11.6 Å². The summed E-state index contributed by atoms with van der Waals surface area (Å²) in [6.45, 7) is 3.78. The number of ether oxygens (including phenoxy) is 1. The maximum absolute atomic E-state index is 12.3. The monoisotopic (exact) mass is 385 g/mol. The summed E-state index contributed by atoms with van der Waals surface area (Å²) in [5.41, 5.74) is 2.40. The largest absolute Gasteiger partial charge is 0.439 e. The first-order valence-corrected chi connectivity index (χ1v) is 9.08. The number of benzene rings is 2. The van der Waals surface area contributed by atoms with Gasteiger partial charge in [0.25, 0.3) is 5.91 Å². The Morgan fingerprint density at radius 2 is 1.76 bits per heavy atom. The Kier molecular flexibility index (Phi) is 5.03. The Morgan fingerprint density at radius 3 is 2.45 bits per heavy atom. The SMILES string of the molecule is Cc1ccc(C(=O)Nc2ccc(Oc3cc(-n4cccn4)nc(C)n3)cc2)cc1. The lowest BCUT2D eigenvalue weighted by Crippen LogP contribution is -2.11. The molecule has 1 N–H and O–H groups in total. The lowest BCUT2D eigenvalue weighted by atomic mass is 10.1. The van der Waals surface area contributed by atoms with Crippen molar-refractivity contribution in [3.05, 3.63) is 90.0 Å². The topological polar surface area (TPSA) is 81.9 Å². The van der Waals surface area contributed by atoms with E-state index < -0.39 is 0 Å². The second kappa shape index (κ2) is 7.93. The van der Waals surface area contributed by atoms with Gasteiger partial charge >= 0.3 is 0 Å². The van der Waals surface area contributed by atoms with Gasteiger partial charge in [-0.3, -0.25) is 4.79 Å². The fourth-order valence-electron chi connectivity index (χ4n) is 2.73. The van der Waals surface area contributed by atoms with Gasteiger partial charge in [-0.05, 0) is 56.3 Å². The maximum atomic E-state index is 12.3. The van der Waals surface area contributed by atoms with E-state index in [2.05, 4.69) is 20.4 Å². The number of aromatic nitrogens is 4. The van der Waals surface area contributed by atoms with Crippen LogP contribution in [-0.4, -0.2) is 25.7 Å². The van der Waals surface area contributed by atoms with Crippen LogP contribution in [0.2, 0.25) is 0 Å². The van der Waals surface area contributed by atoms with Crippen molar-refractivity contribution in [2.75, 3.05) is 5.32 Å². The number of carbonyl (C=O) groups excluding carboxylic acids is 1. The van der Waals surface area contributed by atoms with Crippen LogP contribution in [0.4, 0.5) is 5.69 Å². The molecule has 2 aromatic heterocycles. The molecule has 0 radical (unpaired) electrons. The van der Waals surface area contributed by atoms with E-state index in [0.717, 1.165) is 5.56 Å². The van der Waals surface area contributed by atoms with Gasteiger partial charge in [-0.15, -0.1) is 0 Å². The normalized spacial score (nSPS) is 10.6. The van der Waals surface area contributed by atoms with Crippen molar-refractivity contribution < 1.29 is 9.53 Å².